The number of hydrogen-bond acceptors (Lipinski definition) is 6. The first kappa shape index (κ1) is 27.2. The zero-order valence-electron chi connectivity index (χ0n) is 21.6. The van der Waals surface area contributed by atoms with E-state index in [1.807, 2.05) is 0 Å². The fourth-order valence-electron chi connectivity index (χ4n) is 5.37. The number of piperazine rings is 2. The molecule has 1 aromatic carbocycles. The highest BCUT2D eigenvalue weighted by Gasteiger charge is 2.32. The number of amides is 2. The highest BCUT2D eigenvalue weighted by atomic mass is 16.4. The van der Waals surface area contributed by atoms with Crippen LogP contribution >= 0.6 is 0 Å². The van der Waals surface area contributed by atoms with Crippen molar-refractivity contribution >= 4 is 29.7 Å². The lowest BCUT2D eigenvalue weighted by atomic mass is 9.95. The van der Waals surface area contributed by atoms with Crippen LogP contribution in [-0.4, -0.2) is 125 Å². The molecule has 206 valence electrons. The van der Waals surface area contributed by atoms with Crippen molar-refractivity contribution in [3.05, 3.63) is 34.9 Å². The Labute approximate surface area is 221 Å². The molecule has 0 atom stereocenters. The minimum Gasteiger partial charge on any atom is -0.478 e. The molecule has 0 spiro atoms. The molecular weight excluding hydrogens is 490 g/mol. The molecule has 3 aliphatic heterocycles. The number of piperidine rings is 1. The first-order valence-electron chi connectivity index (χ1n) is 13.0. The van der Waals surface area contributed by atoms with Gasteiger partial charge in [-0.15, -0.1) is 0 Å². The average molecular weight is 528 g/mol. The number of carbonyl (C=O) groups excluding carboxylic acids is 2. The molecule has 1 aromatic rings. The van der Waals surface area contributed by atoms with Gasteiger partial charge in [0.1, 0.15) is 0 Å². The molecule has 0 aliphatic carbocycles. The summed E-state index contributed by atoms with van der Waals surface area (Å²) in [7, 11) is 0. The molecule has 4 rings (SSSR count). The Hall–Kier alpha value is -3.87. The number of nitrogens with two attached hydrogens (primary N) is 2. The van der Waals surface area contributed by atoms with Gasteiger partial charge in [-0.2, -0.15) is 0 Å². The average Bonchev–Trinajstić information content (AvgIpc) is 2.92. The number of carbonyl (C=O) groups is 3. The minimum absolute atomic E-state index is 0.0358. The Morgan fingerprint density at radius 1 is 0.737 bits per heavy atom. The Morgan fingerprint density at radius 3 is 1.79 bits per heavy atom. The van der Waals surface area contributed by atoms with E-state index in [-0.39, 0.29) is 35.2 Å². The Bertz CT molecular complexity index is 1090. The van der Waals surface area contributed by atoms with Crippen LogP contribution in [0.4, 0.5) is 0 Å². The van der Waals surface area contributed by atoms with Gasteiger partial charge in [-0.3, -0.25) is 25.3 Å². The Kier molecular flexibility index (Phi) is 8.35. The number of nitrogens with zero attached hydrogens (tertiary/aromatic N) is 5. The number of nitrogens with one attached hydrogen (secondary N) is 2. The number of likely N-dealkylation sites (tertiary alicyclic amines) is 1. The molecular formula is C25H37N9O4. The molecule has 0 aromatic heterocycles. The second-order valence-electron chi connectivity index (χ2n) is 10.1. The second kappa shape index (κ2) is 11.7. The van der Waals surface area contributed by atoms with E-state index in [1.54, 1.807) is 31.7 Å². The fraction of sp³-hybridized carbons (Fsp3) is 0.560. The first-order valence-corrected chi connectivity index (χ1v) is 13.0. The van der Waals surface area contributed by atoms with E-state index in [0.29, 0.717) is 90.4 Å². The standard InChI is InChI=1S/C25H37N9O4/c26-24(27)33-3-1-18(2-4-33)21(35)31-9-11-32(12-10-31)22(36)19-13-17(14-20(15-19)23(37)38)16-30-5-7-34(8-6-30)25(28)29/h13-15,18H,1-12,16H2,(H3,26,27)(H3,28,29)(H,37,38). The van der Waals surface area contributed by atoms with Crippen molar-refractivity contribution in [1.29, 1.82) is 10.8 Å². The molecule has 0 unspecified atom stereocenters. The molecule has 3 saturated heterocycles. The first-order chi connectivity index (χ1) is 18.1. The van der Waals surface area contributed by atoms with Gasteiger partial charge in [0.25, 0.3) is 5.91 Å². The number of benzene rings is 1. The highest BCUT2D eigenvalue weighted by molar-refractivity contribution is 5.98. The van der Waals surface area contributed by atoms with Crippen LogP contribution in [-0.2, 0) is 11.3 Å². The number of carboxylic acids is 1. The van der Waals surface area contributed by atoms with E-state index in [9.17, 15) is 19.5 Å². The maximum atomic E-state index is 13.3. The quantitative estimate of drug-likeness (QED) is 0.243. The molecule has 7 N–H and O–H groups in total. The third kappa shape index (κ3) is 6.33. The fourth-order valence-corrected chi connectivity index (χ4v) is 5.37. The predicted octanol–water partition coefficient (Wildman–Crippen LogP) is -0.714. The summed E-state index contributed by atoms with van der Waals surface area (Å²) in [5.74, 6) is -1.26. The lowest BCUT2D eigenvalue weighted by Crippen LogP contribution is -2.53. The molecule has 0 saturated carbocycles. The maximum absolute atomic E-state index is 13.3. The van der Waals surface area contributed by atoms with E-state index in [4.69, 9.17) is 22.3 Å². The van der Waals surface area contributed by atoms with Gasteiger partial charge in [-0.25, -0.2) is 4.79 Å². The molecule has 13 nitrogen and oxygen atoms in total. The van der Waals surface area contributed by atoms with E-state index in [2.05, 4.69) is 4.90 Å². The lowest BCUT2D eigenvalue weighted by Gasteiger charge is -2.38. The number of rotatable bonds is 5. The normalized spacial score (nSPS) is 19.4. The van der Waals surface area contributed by atoms with E-state index in [1.165, 1.54) is 6.07 Å². The minimum atomic E-state index is -1.09. The SMILES string of the molecule is N=C(N)N1CCC(C(=O)N2CCN(C(=O)c3cc(CN4CCN(C(=N)N)CC4)cc(C(=O)O)c3)CC2)CC1. The van der Waals surface area contributed by atoms with Crippen molar-refractivity contribution in [2.45, 2.75) is 19.4 Å². The zero-order valence-corrected chi connectivity index (χ0v) is 21.6. The zero-order chi connectivity index (χ0) is 27.4. The third-order valence-corrected chi connectivity index (χ3v) is 7.67. The van der Waals surface area contributed by atoms with Crippen LogP contribution in [0.2, 0.25) is 0 Å². The van der Waals surface area contributed by atoms with Crippen molar-refractivity contribution in [3.63, 3.8) is 0 Å². The summed E-state index contributed by atoms with van der Waals surface area (Å²) < 4.78 is 0. The van der Waals surface area contributed by atoms with Crippen LogP contribution in [0.3, 0.4) is 0 Å². The second-order valence-corrected chi connectivity index (χ2v) is 10.1. The van der Waals surface area contributed by atoms with Crippen molar-refractivity contribution in [3.8, 4) is 0 Å². The largest absolute Gasteiger partial charge is 0.478 e. The smallest absolute Gasteiger partial charge is 0.335 e. The molecule has 3 aliphatic rings. The van der Waals surface area contributed by atoms with Gasteiger partial charge < -0.3 is 36.2 Å². The van der Waals surface area contributed by atoms with Crippen LogP contribution in [0.1, 0.15) is 39.1 Å². The topological polar surface area (TPSA) is 187 Å². The molecule has 0 bridgehead atoms. The summed E-state index contributed by atoms with van der Waals surface area (Å²) >= 11 is 0. The Balaban J connectivity index is 1.35. The van der Waals surface area contributed by atoms with Crippen molar-refractivity contribution in [1.82, 2.24) is 24.5 Å². The van der Waals surface area contributed by atoms with Crippen LogP contribution in [0, 0.1) is 16.7 Å². The van der Waals surface area contributed by atoms with Gasteiger partial charge in [-0.05, 0) is 36.6 Å². The molecule has 0 radical (unpaired) electrons. The monoisotopic (exact) mass is 527 g/mol. The van der Waals surface area contributed by atoms with E-state index < -0.39 is 5.97 Å². The molecule has 38 heavy (non-hydrogen) atoms. The number of hydrogen-bond donors (Lipinski definition) is 5. The van der Waals surface area contributed by atoms with Gasteiger partial charge >= 0.3 is 5.97 Å². The van der Waals surface area contributed by atoms with Crippen molar-refractivity contribution < 1.29 is 19.5 Å². The Morgan fingerprint density at radius 2 is 1.24 bits per heavy atom. The predicted molar refractivity (Wildman–Crippen MR) is 141 cm³/mol. The third-order valence-electron chi connectivity index (χ3n) is 7.67. The molecule has 2 amide bonds. The van der Waals surface area contributed by atoms with E-state index >= 15 is 0 Å². The summed E-state index contributed by atoms with van der Waals surface area (Å²) in [6, 6.07) is 4.78. The van der Waals surface area contributed by atoms with E-state index in [0.717, 1.165) is 5.56 Å². The lowest BCUT2D eigenvalue weighted by molar-refractivity contribution is -0.138. The number of guanidine groups is 2. The van der Waals surface area contributed by atoms with Gasteiger partial charge in [0.05, 0.1) is 5.56 Å². The maximum Gasteiger partial charge on any atom is 0.335 e. The molecule has 13 heteroatoms. The summed E-state index contributed by atoms with van der Waals surface area (Å²) in [6.45, 7) is 5.94. The van der Waals surface area contributed by atoms with Crippen molar-refractivity contribution in [2.24, 2.45) is 17.4 Å². The number of aromatic carboxylic acids is 1. The van der Waals surface area contributed by atoms with Crippen LogP contribution < -0.4 is 11.5 Å². The van der Waals surface area contributed by atoms with Crippen LogP contribution in [0.25, 0.3) is 0 Å². The summed E-state index contributed by atoms with van der Waals surface area (Å²) in [5, 5.41) is 24.8. The van der Waals surface area contributed by atoms with Gasteiger partial charge in [0, 0.05) is 83.5 Å². The summed E-state index contributed by atoms with van der Waals surface area (Å²) in [6.07, 6.45) is 1.32. The van der Waals surface area contributed by atoms with Gasteiger partial charge in [0.2, 0.25) is 5.91 Å². The highest BCUT2D eigenvalue weighted by Crippen LogP contribution is 2.21. The van der Waals surface area contributed by atoms with Crippen molar-refractivity contribution in [2.75, 3.05) is 65.4 Å². The summed E-state index contributed by atoms with van der Waals surface area (Å²) in [4.78, 5) is 47.4. The van der Waals surface area contributed by atoms with Gasteiger partial charge in [-0.1, -0.05) is 0 Å². The molecule has 3 fully saturated rings. The van der Waals surface area contributed by atoms with Crippen LogP contribution in [0.15, 0.2) is 18.2 Å². The summed E-state index contributed by atoms with van der Waals surface area (Å²) in [5.41, 5.74) is 12.3. The van der Waals surface area contributed by atoms with Gasteiger partial charge in [0.15, 0.2) is 11.9 Å². The molecule has 3 heterocycles. The number of carboxylic acid groups (broad SMARTS) is 1. The van der Waals surface area contributed by atoms with Crippen LogP contribution in [0.5, 0.6) is 0 Å².